The zero-order chi connectivity index (χ0) is 22.2. The zero-order valence-electron chi connectivity index (χ0n) is 20.4. The minimum Gasteiger partial charge on any atom is -0.491 e. The summed E-state index contributed by atoms with van der Waals surface area (Å²) in [5, 5.41) is 0. The van der Waals surface area contributed by atoms with Crippen LogP contribution in [0.4, 0.5) is 0 Å². The topological polar surface area (TPSA) is 22.1 Å². The van der Waals surface area contributed by atoms with Gasteiger partial charge in [-0.3, -0.25) is 4.98 Å². The van der Waals surface area contributed by atoms with Crippen molar-refractivity contribution in [1.82, 2.24) is 4.98 Å². The maximum absolute atomic E-state index is 6.08. The highest BCUT2D eigenvalue weighted by Gasteiger charge is 2.05. The molecule has 2 nitrogen and oxygen atoms in total. The van der Waals surface area contributed by atoms with E-state index in [0.29, 0.717) is 0 Å². The summed E-state index contributed by atoms with van der Waals surface area (Å²) in [6.07, 6.45) is 20.6. The summed E-state index contributed by atoms with van der Waals surface area (Å²) in [6, 6.07) is 12.9. The third-order valence-electron chi connectivity index (χ3n) is 6.10. The summed E-state index contributed by atoms with van der Waals surface area (Å²) in [6.45, 7) is 6.70. The number of pyridine rings is 1. The standard InChI is InChI=1S/C29H45NO/c1-4-6-8-10-11-12-13-15-17-28-21-18-27(24-30-28)26-19-22-29(23-20-26)31-25(3)16-14-9-7-5-2/h18-25H,4-17H2,1-3H3. The van der Waals surface area contributed by atoms with Gasteiger partial charge in [-0.1, -0.05) is 96.3 Å². The van der Waals surface area contributed by atoms with E-state index in [4.69, 9.17) is 9.72 Å². The Morgan fingerprint density at radius 1 is 0.677 bits per heavy atom. The number of nitrogens with zero attached hydrogens (tertiary/aromatic N) is 1. The molecule has 0 saturated carbocycles. The van der Waals surface area contributed by atoms with Crippen molar-refractivity contribution in [2.75, 3.05) is 0 Å². The molecule has 2 rings (SSSR count). The van der Waals surface area contributed by atoms with Gasteiger partial charge in [0.1, 0.15) is 5.75 Å². The molecule has 0 fully saturated rings. The predicted molar refractivity (Wildman–Crippen MR) is 135 cm³/mol. The van der Waals surface area contributed by atoms with Gasteiger partial charge in [-0.15, -0.1) is 0 Å². The van der Waals surface area contributed by atoms with Crippen molar-refractivity contribution in [3.8, 4) is 16.9 Å². The minimum absolute atomic E-state index is 0.278. The van der Waals surface area contributed by atoms with Crippen molar-refractivity contribution in [2.45, 2.75) is 117 Å². The summed E-state index contributed by atoms with van der Waals surface area (Å²) < 4.78 is 6.08. The lowest BCUT2D eigenvalue weighted by Crippen LogP contribution is -2.11. The van der Waals surface area contributed by atoms with Gasteiger partial charge in [0.15, 0.2) is 0 Å². The Bertz CT molecular complexity index is 677. The molecule has 0 aliphatic carbocycles. The lowest BCUT2D eigenvalue weighted by Gasteiger charge is -2.15. The van der Waals surface area contributed by atoms with E-state index in [-0.39, 0.29) is 6.10 Å². The third kappa shape index (κ3) is 10.8. The van der Waals surface area contributed by atoms with Crippen molar-refractivity contribution in [2.24, 2.45) is 0 Å². The van der Waals surface area contributed by atoms with Gasteiger partial charge in [0.2, 0.25) is 0 Å². The molecule has 2 heteroatoms. The summed E-state index contributed by atoms with van der Waals surface area (Å²) >= 11 is 0. The van der Waals surface area contributed by atoms with Crippen LogP contribution in [0.25, 0.3) is 11.1 Å². The molecule has 0 spiro atoms. The fourth-order valence-electron chi connectivity index (χ4n) is 4.06. The van der Waals surface area contributed by atoms with Gasteiger partial charge in [0, 0.05) is 17.5 Å². The summed E-state index contributed by atoms with van der Waals surface area (Å²) in [5.41, 5.74) is 3.60. The van der Waals surface area contributed by atoms with E-state index in [2.05, 4.69) is 57.2 Å². The number of aromatic nitrogens is 1. The Balaban J connectivity index is 1.69. The average molecular weight is 424 g/mol. The van der Waals surface area contributed by atoms with Gasteiger partial charge in [-0.25, -0.2) is 0 Å². The van der Waals surface area contributed by atoms with E-state index >= 15 is 0 Å². The molecule has 1 aromatic heterocycles. The van der Waals surface area contributed by atoms with E-state index < -0.39 is 0 Å². The lowest BCUT2D eigenvalue weighted by atomic mass is 10.0. The number of hydrogen-bond donors (Lipinski definition) is 0. The summed E-state index contributed by atoms with van der Waals surface area (Å²) in [5.74, 6) is 0.964. The molecular formula is C29H45NO. The van der Waals surface area contributed by atoms with Gasteiger partial charge in [-0.05, 0) is 56.4 Å². The normalized spacial score (nSPS) is 12.1. The van der Waals surface area contributed by atoms with Crippen LogP contribution in [0.2, 0.25) is 0 Å². The first-order valence-electron chi connectivity index (χ1n) is 12.9. The van der Waals surface area contributed by atoms with Crippen LogP contribution in [0, 0.1) is 0 Å². The Morgan fingerprint density at radius 2 is 1.26 bits per heavy atom. The number of ether oxygens (including phenoxy) is 1. The van der Waals surface area contributed by atoms with E-state index in [1.54, 1.807) is 0 Å². The maximum atomic E-state index is 6.08. The van der Waals surface area contributed by atoms with Crippen LogP contribution in [0.15, 0.2) is 42.6 Å². The van der Waals surface area contributed by atoms with Gasteiger partial charge >= 0.3 is 0 Å². The number of aryl methyl sites for hydroxylation is 1. The molecule has 0 amide bonds. The summed E-state index contributed by atoms with van der Waals surface area (Å²) in [4.78, 5) is 4.70. The number of hydrogen-bond acceptors (Lipinski definition) is 2. The van der Waals surface area contributed by atoms with Crippen molar-refractivity contribution < 1.29 is 4.74 Å². The van der Waals surface area contributed by atoms with Crippen LogP contribution in [-0.2, 0) is 6.42 Å². The highest BCUT2D eigenvalue weighted by Crippen LogP contribution is 2.23. The quantitative estimate of drug-likeness (QED) is 0.237. The Hall–Kier alpha value is -1.83. The smallest absolute Gasteiger partial charge is 0.119 e. The van der Waals surface area contributed by atoms with Crippen LogP contribution in [0.3, 0.4) is 0 Å². The van der Waals surface area contributed by atoms with Gasteiger partial charge in [-0.2, -0.15) is 0 Å². The third-order valence-corrected chi connectivity index (χ3v) is 6.10. The second-order valence-corrected chi connectivity index (χ2v) is 9.07. The van der Waals surface area contributed by atoms with Crippen LogP contribution >= 0.6 is 0 Å². The number of rotatable bonds is 17. The first kappa shape index (κ1) is 25.4. The monoisotopic (exact) mass is 423 g/mol. The van der Waals surface area contributed by atoms with Crippen LogP contribution < -0.4 is 4.74 Å². The van der Waals surface area contributed by atoms with Gasteiger partial charge < -0.3 is 4.74 Å². The fraction of sp³-hybridized carbons (Fsp3) is 0.621. The Morgan fingerprint density at radius 3 is 1.87 bits per heavy atom. The Kier molecular flexibility index (Phi) is 13.0. The van der Waals surface area contributed by atoms with Crippen LogP contribution in [0.5, 0.6) is 5.75 Å². The second-order valence-electron chi connectivity index (χ2n) is 9.07. The first-order chi connectivity index (χ1) is 15.2. The molecule has 0 aliphatic heterocycles. The number of benzene rings is 1. The molecule has 172 valence electrons. The molecule has 2 aromatic rings. The highest BCUT2D eigenvalue weighted by molar-refractivity contribution is 5.63. The van der Waals surface area contributed by atoms with Crippen LogP contribution in [0.1, 0.15) is 110 Å². The first-order valence-corrected chi connectivity index (χ1v) is 12.9. The average Bonchev–Trinajstić information content (AvgIpc) is 2.79. The lowest BCUT2D eigenvalue weighted by molar-refractivity contribution is 0.206. The summed E-state index contributed by atoms with van der Waals surface area (Å²) in [7, 11) is 0. The van der Waals surface area contributed by atoms with Gasteiger partial charge in [0.05, 0.1) is 6.10 Å². The molecule has 31 heavy (non-hydrogen) atoms. The van der Waals surface area contributed by atoms with Crippen molar-refractivity contribution >= 4 is 0 Å². The zero-order valence-corrected chi connectivity index (χ0v) is 20.4. The number of unbranched alkanes of at least 4 members (excludes halogenated alkanes) is 10. The minimum atomic E-state index is 0.278. The molecule has 0 aliphatic rings. The van der Waals surface area contributed by atoms with Crippen molar-refractivity contribution in [1.29, 1.82) is 0 Å². The second kappa shape index (κ2) is 15.9. The largest absolute Gasteiger partial charge is 0.491 e. The molecule has 1 atom stereocenters. The Labute approximate surface area is 191 Å². The maximum Gasteiger partial charge on any atom is 0.119 e. The van der Waals surface area contributed by atoms with Crippen LogP contribution in [-0.4, -0.2) is 11.1 Å². The molecule has 0 radical (unpaired) electrons. The molecule has 0 saturated heterocycles. The SMILES string of the molecule is CCCCCCCCCCc1ccc(-c2ccc(OC(C)CCCCCC)cc2)cn1. The molecule has 0 N–H and O–H groups in total. The molecule has 1 heterocycles. The highest BCUT2D eigenvalue weighted by atomic mass is 16.5. The molecular weight excluding hydrogens is 378 g/mol. The van der Waals surface area contributed by atoms with Crippen molar-refractivity contribution in [3.05, 3.63) is 48.3 Å². The van der Waals surface area contributed by atoms with Gasteiger partial charge in [0.25, 0.3) is 0 Å². The molecule has 0 bridgehead atoms. The predicted octanol–water partition coefficient (Wildman–Crippen LogP) is 9.17. The van der Waals surface area contributed by atoms with E-state index in [1.165, 1.54) is 93.9 Å². The van der Waals surface area contributed by atoms with E-state index in [0.717, 1.165) is 18.6 Å². The molecule has 1 unspecified atom stereocenters. The molecule has 1 aromatic carbocycles. The fourth-order valence-corrected chi connectivity index (χ4v) is 4.06. The van der Waals surface area contributed by atoms with E-state index in [1.807, 2.05) is 6.20 Å². The van der Waals surface area contributed by atoms with Crippen molar-refractivity contribution in [3.63, 3.8) is 0 Å². The van der Waals surface area contributed by atoms with E-state index in [9.17, 15) is 0 Å².